The van der Waals surface area contributed by atoms with Crippen molar-refractivity contribution in [2.75, 3.05) is 19.3 Å². The predicted molar refractivity (Wildman–Crippen MR) is 156 cm³/mol. The van der Waals surface area contributed by atoms with Crippen LogP contribution in [0.3, 0.4) is 0 Å². The first-order valence-corrected chi connectivity index (χ1v) is 13.7. The molecule has 0 spiro atoms. The number of likely N-dealkylation sites (N-methyl/N-ethyl adjacent to an activating group) is 1. The summed E-state index contributed by atoms with van der Waals surface area (Å²) in [6, 6.07) is 25.1. The lowest BCUT2D eigenvalue weighted by Gasteiger charge is -2.35. The van der Waals surface area contributed by atoms with E-state index >= 15 is 0 Å². The van der Waals surface area contributed by atoms with E-state index in [1.54, 1.807) is 6.33 Å². The first-order valence-electron chi connectivity index (χ1n) is 13.7. The number of anilines is 1. The fourth-order valence-corrected chi connectivity index (χ4v) is 5.73. The minimum atomic E-state index is 0.386. The van der Waals surface area contributed by atoms with Gasteiger partial charge < -0.3 is 19.9 Å². The third-order valence-corrected chi connectivity index (χ3v) is 7.91. The molecule has 3 aromatic heterocycles. The van der Waals surface area contributed by atoms with Gasteiger partial charge in [-0.25, -0.2) is 9.97 Å². The van der Waals surface area contributed by atoms with Crippen LogP contribution >= 0.6 is 0 Å². The Kier molecular flexibility index (Phi) is 7.23. The highest BCUT2D eigenvalue weighted by molar-refractivity contribution is 6.00. The Hall–Kier alpha value is -4.23. The van der Waals surface area contributed by atoms with Crippen molar-refractivity contribution in [3.8, 4) is 22.6 Å². The van der Waals surface area contributed by atoms with Crippen molar-refractivity contribution >= 4 is 16.9 Å². The Labute approximate surface area is 229 Å². The van der Waals surface area contributed by atoms with Crippen LogP contribution in [0.5, 0.6) is 11.5 Å². The van der Waals surface area contributed by atoms with Crippen LogP contribution in [0.15, 0.2) is 91.5 Å². The highest BCUT2D eigenvalue weighted by Crippen LogP contribution is 2.39. The lowest BCUT2D eigenvalue weighted by atomic mass is 9.90. The Morgan fingerprint density at radius 3 is 2.36 bits per heavy atom. The molecule has 2 N–H and O–H groups in total. The fraction of sp³-hybridized carbons (Fsp3) is 0.281. The third kappa shape index (κ3) is 5.49. The molecule has 0 saturated heterocycles. The van der Waals surface area contributed by atoms with Crippen molar-refractivity contribution in [1.29, 1.82) is 0 Å². The van der Waals surface area contributed by atoms with Crippen molar-refractivity contribution in [2.45, 2.75) is 44.2 Å². The molecule has 1 aliphatic rings. The molecule has 1 saturated carbocycles. The highest BCUT2D eigenvalue weighted by Gasteiger charge is 2.27. The lowest BCUT2D eigenvalue weighted by molar-refractivity contribution is 0.169. The number of hydrogen-bond acceptors (Lipinski definition) is 6. The Morgan fingerprint density at radius 1 is 0.872 bits per heavy atom. The lowest BCUT2D eigenvalue weighted by Crippen LogP contribution is -2.36. The van der Waals surface area contributed by atoms with Gasteiger partial charge >= 0.3 is 0 Å². The van der Waals surface area contributed by atoms with E-state index in [4.69, 9.17) is 10.5 Å². The van der Waals surface area contributed by atoms with E-state index < -0.39 is 0 Å². The van der Waals surface area contributed by atoms with Crippen molar-refractivity contribution in [2.24, 2.45) is 0 Å². The van der Waals surface area contributed by atoms with E-state index in [0.29, 0.717) is 17.9 Å². The maximum absolute atomic E-state index is 6.41. The van der Waals surface area contributed by atoms with Crippen LogP contribution in [0.2, 0.25) is 0 Å². The molecule has 0 radical (unpaired) electrons. The van der Waals surface area contributed by atoms with E-state index in [1.165, 1.54) is 0 Å². The van der Waals surface area contributed by atoms with Gasteiger partial charge in [0.25, 0.3) is 0 Å². The molecular formula is C32H34N6O. The Bertz CT molecular complexity index is 1510. The van der Waals surface area contributed by atoms with Crippen molar-refractivity contribution in [3.05, 3.63) is 97.2 Å². The number of para-hydroxylation sites is 1. The van der Waals surface area contributed by atoms with Crippen LogP contribution in [0, 0.1) is 0 Å². The number of nitrogens with two attached hydrogens (primary N) is 1. The molecule has 5 aromatic rings. The zero-order chi connectivity index (χ0) is 26.6. The molecule has 0 amide bonds. The summed E-state index contributed by atoms with van der Waals surface area (Å²) in [6.45, 7) is 1.02. The highest BCUT2D eigenvalue weighted by atomic mass is 16.5. The molecule has 198 valence electrons. The fourth-order valence-electron chi connectivity index (χ4n) is 5.73. The van der Waals surface area contributed by atoms with E-state index in [0.717, 1.165) is 78.0 Å². The number of nitrogens with zero attached hydrogens (tertiary/aromatic N) is 5. The summed E-state index contributed by atoms with van der Waals surface area (Å²) in [6.07, 6.45) is 11.2. The second-order valence-electron chi connectivity index (χ2n) is 10.4. The van der Waals surface area contributed by atoms with E-state index in [2.05, 4.69) is 61.9 Å². The van der Waals surface area contributed by atoms with Gasteiger partial charge in [-0.05, 0) is 74.7 Å². The van der Waals surface area contributed by atoms with E-state index in [1.807, 2.05) is 54.7 Å². The van der Waals surface area contributed by atoms with Crippen LogP contribution in [0.25, 0.3) is 22.2 Å². The number of aromatic nitrogens is 4. The van der Waals surface area contributed by atoms with Crippen LogP contribution in [-0.2, 0) is 6.42 Å². The number of fused-ring (bicyclic) bond motifs is 1. The maximum Gasteiger partial charge on any atom is 0.146 e. The molecule has 1 aliphatic carbocycles. The molecule has 39 heavy (non-hydrogen) atoms. The molecule has 7 heteroatoms. The molecule has 0 unspecified atom stereocenters. The van der Waals surface area contributed by atoms with Gasteiger partial charge in [0.2, 0.25) is 0 Å². The quantitative estimate of drug-likeness (QED) is 0.252. The standard InChI is InChI=1S/C32H34N6O/c1-37(20-18-24-7-5-6-19-34-24)25-12-14-26(15-13-25)38-21-29(30-31(33)35-22-36-32(30)38)23-10-16-28(17-11-23)39-27-8-3-2-4-9-27/h2-11,16-17,19,21-22,25-26H,12-15,18,20H2,1H3,(H2,33,35,36). The summed E-state index contributed by atoms with van der Waals surface area (Å²) < 4.78 is 8.33. The van der Waals surface area contributed by atoms with Gasteiger partial charge in [-0.3, -0.25) is 4.98 Å². The number of pyridine rings is 1. The number of rotatable bonds is 8. The average Bonchev–Trinajstić information content (AvgIpc) is 3.38. The van der Waals surface area contributed by atoms with Gasteiger partial charge in [-0.15, -0.1) is 0 Å². The Balaban J connectivity index is 1.18. The van der Waals surface area contributed by atoms with Crippen LogP contribution in [0.4, 0.5) is 5.82 Å². The van der Waals surface area contributed by atoms with Gasteiger partial charge in [-0.2, -0.15) is 0 Å². The van der Waals surface area contributed by atoms with Crippen molar-refractivity contribution < 1.29 is 4.74 Å². The molecule has 0 atom stereocenters. The number of benzene rings is 2. The first kappa shape index (κ1) is 25.1. The number of nitrogen functional groups attached to an aromatic ring is 1. The largest absolute Gasteiger partial charge is 0.457 e. The molecule has 6 rings (SSSR count). The van der Waals surface area contributed by atoms with E-state index in [-0.39, 0.29) is 0 Å². The summed E-state index contributed by atoms with van der Waals surface area (Å²) in [4.78, 5) is 16.0. The van der Waals surface area contributed by atoms with E-state index in [9.17, 15) is 0 Å². The Morgan fingerprint density at radius 2 is 1.62 bits per heavy atom. The molecule has 2 aromatic carbocycles. The van der Waals surface area contributed by atoms with Gasteiger partial charge in [0.15, 0.2) is 0 Å². The molecule has 0 aliphatic heterocycles. The van der Waals surface area contributed by atoms with Crippen molar-refractivity contribution in [1.82, 2.24) is 24.4 Å². The summed E-state index contributed by atoms with van der Waals surface area (Å²) in [5.74, 6) is 2.13. The zero-order valence-corrected chi connectivity index (χ0v) is 22.3. The van der Waals surface area contributed by atoms with Gasteiger partial charge in [0.1, 0.15) is 29.3 Å². The molecule has 3 heterocycles. The monoisotopic (exact) mass is 518 g/mol. The van der Waals surface area contributed by atoms with Gasteiger partial charge in [-0.1, -0.05) is 36.4 Å². The maximum atomic E-state index is 6.41. The smallest absolute Gasteiger partial charge is 0.146 e. The van der Waals surface area contributed by atoms with Crippen LogP contribution in [0.1, 0.15) is 37.4 Å². The topological polar surface area (TPSA) is 82.1 Å². The molecule has 0 bridgehead atoms. The summed E-state index contributed by atoms with van der Waals surface area (Å²) in [5.41, 5.74) is 10.6. The molecule has 1 fully saturated rings. The SMILES string of the molecule is CN(CCc1ccccn1)C1CCC(n2cc(-c3ccc(Oc4ccccc4)cc3)c3c(N)ncnc32)CC1. The first-order chi connectivity index (χ1) is 19.2. The summed E-state index contributed by atoms with van der Waals surface area (Å²) in [7, 11) is 2.25. The minimum absolute atomic E-state index is 0.386. The molecule has 7 nitrogen and oxygen atoms in total. The van der Waals surface area contributed by atoms with Crippen molar-refractivity contribution in [3.63, 3.8) is 0 Å². The normalized spacial score (nSPS) is 17.5. The number of ether oxygens (including phenoxy) is 1. The second kappa shape index (κ2) is 11.3. The average molecular weight is 519 g/mol. The predicted octanol–water partition coefficient (Wildman–Crippen LogP) is 6.53. The number of hydrogen-bond donors (Lipinski definition) is 1. The van der Waals surface area contributed by atoms with Gasteiger partial charge in [0, 0.05) is 48.7 Å². The summed E-state index contributed by atoms with van der Waals surface area (Å²) in [5, 5.41) is 0.920. The minimum Gasteiger partial charge on any atom is -0.457 e. The van der Waals surface area contributed by atoms with Crippen LogP contribution < -0.4 is 10.5 Å². The zero-order valence-electron chi connectivity index (χ0n) is 22.3. The van der Waals surface area contributed by atoms with Crippen LogP contribution in [-0.4, -0.2) is 44.1 Å². The van der Waals surface area contributed by atoms with Gasteiger partial charge in [0.05, 0.1) is 5.39 Å². The third-order valence-electron chi connectivity index (χ3n) is 7.91. The summed E-state index contributed by atoms with van der Waals surface area (Å²) >= 11 is 0. The second-order valence-corrected chi connectivity index (χ2v) is 10.4. The molecular weight excluding hydrogens is 484 g/mol.